The number of sulfone groups is 1. The molecule has 0 aliphatic carbocycles. The Kier molecular flexibility index (Phi) is 9.32. The Morgan fingerprint density at radius 2 is 1.73 bits per heavy atom. The minimum atomic E-state index is -3.20. The molecule has 150 valence electrons. The molecule has 2 N–H and O–H groups in total. The van der Waals surface area contributed by atoms with Gasteiger partial charge in [-0.25, -0.2) is 12.8 Å². The van der Waals surface area contributed by atoms with E-state index in [0.717, 1.165) is 5.56 Å². The lowest BCUT2D eigenvalue weighted by atomic mass is 9.84. The average molecular weight is 520 g/mol. The molecule has 26 heavy (non-hydrogen) atoms. The summed E-state index contributed by atoms with van der Waals surface area (Å²) in [5.74, 6) is 0.112. The van der Waals surface area contributed by atoms with E-state index in [0.29, 0.717) is 17.5 Å². The minimum absolute atomic E-state index is 0. The van der Waals surface area contributed by atoms with Crippen molar-refractivity contribution in [2.45, 2.75) is 37.9 Å². The lowest BCUT2D eigenvalue weighted by molar-refractivity contribution is 0.503. The third-order valence-corrected chi connectivity index (χ3v) is 6.73. The molecular weight excluding hydrogens is 492 g/mol. The van der Waals surface area contributed by atoms with Crippen LogP contribution in [-0.2, 0) is 15.3 Å². The summed E-state index contributed by atoms with van der Waals surface area (Å²) in [5, 5.41) is 6.56. The fraction of sp³-hybridized carbons (Fsp3) is 0.588. The molecular formula is C17H28ClFIN3O2S. The lowest BCUT2D eigenvalue weighted by Crippen LogP contribution is -2.49. The van der Waals surface area contributed by atoms with Crippen molar-refractivity contribution < 1.29 is 12.8 Å². The number of nitrogens with zero attached hydrogens (tertiary/aromatic N) is 1. The van der Waals surface area contributed by atoms with Crippen LogP contribution in [0.25, 0.3) is 0 Å². The largest absolute Gasteiger partial charge is 0.356 e. The quantitative estimate of drug-likeness (QED) is 0.344. The molecule has 0 aromatic heterocycles. The molecule has 0 aliphatic rings. The van der Waals surface area contributed by atoms with Crippen LogP contribution in [0, 0.1) is 5.82 Å². The number of nitrogens with one attached hydrogen (secondary N) is 2. The summed E-state index contributed by atoms with van der Waals surface area (Å²) in [4.78, 5) is 4.11. The predicted octanol–water partition coefficient (Wildman–Crippen LogP) is 3.36. The first-order valence-corrected chi connectivity index (χ1v) is 10.2. The minimum Gasteiger partial charge on any atom is -0.356 e. The molecule has 0 unspecified atom stereocenters. The van der Waals surface area contributed by atoms with Crippen LogP contribution in [0.5, 0.6) is 0 Å². The van der Waals surface area contributed by atoms with Gasteiger partial charge in [0.2, 0.25) is 0 Å². The van der Waals surface area contributed by atoms with E-state index in [1.54, 1.807) is 27.0 Å². The molecule has 0 saturated heterocycles. The Hall–Kier alpha value is -0.610. The molecule has 0 spiro atoms. The predicted molar refractivity (Wildman–Crippen MR) is 118 cm³/mol. The van der Waals surface area contributed by atoms with Crippen LogP contribution >= 0.6 is 35.6 Å². The van der Waals surface area contributed by atoms with Gasteiger partial charge in [0.05, 0.1) is 4.75 Å². The van der Waals surface area contributed by atoms with Crippen LogP contribution in [0.4, 0.5) is 4.39 Å². The summed E-state index contributed by atoms with van der Waals surface area (Å²) in [5.41, 5.74) is 0.435. The molecule has 0 bridgehead atoms. The highest BCUT2D eigenvalue weighted by molar-refractivity contribution is 14.0. The monoisotopic (exact) mass is 519 g/mol. The number of hydrogen-bond donors (Lipinski definition) is 2. The molecule has 1 aromatic carbocycles. The Balaban J connectivity index is 0.00000625. The van der Waals surface area contributed by atoms with E-state index < -0.39 is 14.6 Å². The summed E-state index contributed by atoms with van der Waals surface area (Å²) in [6, 6.07) is 4.34. The van der Waals surface area contributed by atoms with Crippen molar-refractivity contribution in [3.05, 3.63) is 34.6 Å². The van der Waals surface area contributed by atoms with Crippen molar-refractivity contribution in [1.82, 2.24) is 10.6 Å². The van der Waals surface area contributed by atoms with Gasteiger partial charge < -0.3 is 10.6 Å². The van der Waals surface area contributed by atoms with Crippen LogP contribution in [0.3, 0.4) is 0 Å². The van der Waals surface area contributed by atoms with Gasteiger partial charge in [0.1, 0.15) is 5.82 Å². The van der Waals surface area contributed by atoms with Gasteiger partial charge in [-0.05, 0) is 31.5 Å². The number of guanidine groups is 1. The van der Waals surface area contributed by atoms with E-state index in [1.165, 1.54) is 18.4 Å². The Labute approximate surface area is 178 Å². The number of benzene rings is 1. The normalized spacial score (nSPS) is 13.2. The van der Waals surface area contributed by atoms with Crippen LogP contribution in [0.1, 0.15) is 33.3 Å². The lowest BCUT2D eigenvalue weighted by Gasteiger charge is -2.29. The molecule has 1 aromatic rings. The summed E-state index contributed by atoms with van der Waals surface area (Å²) in [7, 11) is -1.59. The first kappa shape index (κ1) is 25.4. The van der Waals surface area contributed by atoms with E-state index in [1.807, 2.05) is 13.8 Å². The Morgan fingerprint density at radius 1 is 1.19 bits per heavy atom. The van der Waals surface area contributed by atoms with E-state index in [9.17, 15) is 12.8 Å². The average Bonchev–Trinajstić information content (AvgIpc) is 2.45. The molecule has 9 heteroatoms. The van der Waals surface area contributed by atoms with E-state index in [2.05, 4.69) is 15.6 Å². The fourth-order valence-electron chi connectivity index (χ4n) is 2.09. The van der Waals surface area contributed by atoms with Gasteiger partial charge in [0, 0.05) is 36.8 Å². The van der Waals surface area contributed by atoms with Gasteiger partial charge in [0.25, 0.3) is 0 Å². The van der Waals surface area contributed by atoms with Gasteiger partial charge in [-0.3, -0.25) is 4.99 Å². The van der Waals surface area contributed by atoms with Gasteiger partial charge in [-0.1, -0.05) is 31.5 Å². The molecule has 0 aliphatic heterocycles. The number of halogens is 3. The maximum absolute atomic E-state index is 13.2. The molecule has 0 radical (unpaired) electrons. The van der Waals surface area contributed by atoms with Gasteiger partial charge in [-0.15, -0.1) is 24.0 Å². The number of rotatable bonds is 6. The summed E-state index contributed by atoms with van der Waals surface area (Å²) < 4.78 is 35.9. The molecule has 0 amide bonds. The molecule has 1 rings (SSSR count). The Bertz CT molecular complexity index is 752. The topological polar surface area (TPSA) is 70.6 Å². The second-order valence-corrected chi connectivity index (χ2v) is 10.4. The molecule has 0 saturated carbocycles. The van der Waals surface area contributed by atoms with Crippen molar-refractivity contribution in [2.24, 2.45) is 4.99 Å². The smallest absolute Gasteiger partial charge is 0.191 e. The third kappa shape index (κ3) is 6.84. The van der Waals surface area contributed by atoms with Crippen LogP contribution in [0.15, 0.2) is 23.2 Å². The van der Waals surface area contributed by atoms with Crippen molar-refractivity contribution in [3.8, 4) is 0 Å². The van der Waals surface area contributed by atoms with E-state index >= 15 is 0 Å². The molecule has 5 nitrogen and oxygen atoms in total. The third-order valence-electron chi connectivity index (χ3n) is 4.27. The maximum Gasteiger partial charge on any atom is 0.191 e. The maximum atomic E-state index is 13.2. The van der Waals surface area contributed by atoms with Gasteiger partial charge in [-0.2, -0.15) is 0 Å². The summed E-state index contributed by atoms with van der Waals surface area (Å²) in [6.07, 6.45) is 1.21. The summed E-state index contributed by atoms with van der Waals surface area (Å²) >= 11 is 6.15. The molecule has 0 heterocycles. The fourth-order valence-corrected chi connectivity index (χ4v) is 2.84. The highest BCUT2D eigenvalue weighted by atomic mass is 127. The highest BCUT2D eigenvalue weighted by Gasteiger charge is 2.30. The van der Waals surface area contributed by atoms with Crippen molar-refractivity contribution in [3.63, 3.8) is 0 Å². The van der Waals surface area contributed by atoms with Crippen molar-refractivity contribution in [2.75, 3.05) is 26.4 Å². The summed E-state index contributed by atoms with van der Waals surface area (Å²) in [6.45, 7) is 7.98. The van der Waals surface area contributed by atoms with Crippen molar-refractivity contribution >= 4 is 51.4 Å². The Morgan fingerprint density at radius 3 is 2.19 bits per heavy atom. The first-order chi connectivity index (χ1) is 11.3. The second-order valence-electron chi connectivity index (χ2n) is 7.32. The standard InChI is InChI=1S/C17H27ClFN3O2S.HI/c1-16(2,13-8-7-12(19)9-14(13)18)10-21-15(20-5)22-11-17(3,4)25(6,23)24;/h7-9H,10-11H2,1-6H3,(H2,20,21,22);1H. The zero-order valence-electron chi connectivity index (χ0n) is 16.0. The van der Waals surface area contributed by atoms with Crippen molar-refractivity contribution in [1.29, 1.82) is 0 Å². The zero-order valence-corrected chi connectivity index (χ0v) is 19.9. The van der Waals surface area contributed by atoms with E-state index in [4.69, 9.17) is 11.6 Å². The second kappa shape index (κ2) is 9.54. The number of aliphatic imine (C=N–C) groups is 1. The van der Waals surface area contributed by atoms with E-state index in [-0.39, 0.29) is 41.8 Å². The van der Waals surface area contributed by atoms with Gasteiger partial charge in [0.15, 0.2) is 15.8 Å². The van der Waals surface area contributed by atoms with Crippen LogP contribution in [0.2, 0.25) is 5.02 Å². The number of hydrogen-bond acceptors (Lipinski definition) is 3. The highest BCUT2D eigenvalue weighted by Crippen LogP contribution is 2.29. The first-order valence-electron chi connectivity index (χ1n) is 7.90. The SMILES string of the molecule is CN=C(NCC(C)(C)c1ccc(F)cc1Cl)NCC(C)(C)S(C)(=O)=O.I. The van der Waals surface area contributed by atoms with Crippen LogP contribution in [-0.4, -0.2) is 45.5 Å². The van der Waals surface area contributed by atoms with Crippen LogP contribution < -0.4 is 10.6 Å². The van der Waals surface area contributed by atoms with Gasteiger partial charge >= 0.3 is 0 Å². The molecule has 0 fully saturated rings. The zero-order chi connectivity index (χ0) is 19.5. The molecule has 0 atom stereocenters.